The quantitative estimate of drug-likeness (QED) is 0.653. The number of rotatable bonds is 6. The van der Waals surface area contributed by atoms with E-state index in [0.717, 1.165) is 17.7 Å². The van der Waals surface area contributed by atoms with E-state index in [1.54, 1.807) is 7.11 Å². The average Bonchev–Trinajstić information content (AvgIpc) is 2.36. The molecule has 0 bridgehead atoms. The molecule has 2 amide bonds. The van der Waals surface area contributed by atoms with Crippen LogP contribution in [0.15, 0.2) is 24.3 Å². The second-order valence-corrected chi connectivity index (χ2v) is 3.63. The predicted molar refractivity (Wildman–Crippen MR) is 67.8 cm³/mol. The Labute approximate surface area is 101 Å². The smallest absolute Gasteiger partial charge is 0.319 e. The maximum Gasteiger partial charge on any atom is 0.319 e. The summed E-state index contributed by atoms with van der Waals surface area (Å²) < 4.78 is 4.88. The van der Waals surface area contributed by atoms with Crippen LogP contribution in [-0.4, -0.2) is 26.3 Å². The fourth-order valence-electron chi connectivity index (χ4n) is 1.32. The first-order valence-electron chi connectivity index (χ1n) is 5.59. The van der Waals surface area contributed by atoms with Gasteiger partial charge in [0.15, 0.2) is 0 Å². The van der Waals surface area contributed by atoms with Crippen molar-refractivity contribution in [2.45, 2.75) is 13.0 Å². The van der Waals surface area contributed by atoms with Gasteiger partial charge in [-0.2, -0.15) is 0 Å². The van der Waals surface area contributed by atoms with E-state index in [2.05, 4.69) is 10.6 Å². The van der Waals surface area contributed by atoms with Gasteiger partial charge in [0.05, 0.1) is 0 Å². The number of amides is 2. The van der Waals surface area contributed by atoms with Gasteiger partial charge < -0.3 is 21.1 Å². The van der Waals surface area contributed by atoms with E-state index in [-0.39, 0.29) is 6.03 Å². The van der Waals surface area contributed by atoms with Gasteiger partial charge in [-0.25, -0.2) is 4.79 Å². The zero-order chi connectivity index (χ0) is 12.5. The third-order valence-corrected chi connectivity index (χ3v) is 2.26. The van der Waals surface area contributed by atoms with Crippen molar-refractivity contribution in [3.05, 3.63) is 29.8 Å². The minimum Gasteiger partial charge on any atom is -0.385 e. The molecule has 0 spiro atoms. The van der Waals surface area contributed by atoms with Gasteiger partial charge in [0, 0.05) is 32.5 Å². The summed E-state index contributed by atoms with van der Waals surface area (Å²) in [7, 11) is 1.64. The SMILES string of the molecule is COCCCNC(=O)Nc1ccc(CN)cc1. The molecular formula is C12H19N3O2. The minimum absolute atomic E-state index is 0.207. The Morgan fingerprint density at radius 3 is 2.65 bits per heavy atom. The van der Waals surface area contributed by atoms with E-state index in [1.807, 2.05) is 24.3 Å². The van der Waals surface area contributed by atoms with Gasteiger partial charge in [-0.1, -0.05) is 12.1 Å². The van der Waals surface area contributed by atoms with Crippen LogP contribution < -0.4 is 16.4 Å². The zero-order valence-electron chi connectivity index (χ0n) is 10.0. The van der Waals surface area contributed by atoms with Crippen molar-refractivity contribution >= 4 is 11.7 Å². The Bertz CT molecular complexity index is 338. The Kier molecular flexibility index (Phi) is 6.06. The average molecular weight is 237 g/mol. The monoisotopic (exact) mass is 237 g/mol. The van der Waals surface area contributed by atoms with Gasteiger partial charge in [0.1, 0.15) is 0 Å². The molecule has 0 saturated heterocycles. The van der Waals surface area contributed by atoms with Crippen LogP contribution >= 0.6 is 0 Å². The van der Waals surface area contributed by atoms with Gasteiger partial charge in [-0.3, -0.25) is 0 Å². The van der Waals surface area contributed by atoms with E-state index in [4.69, 9.17) is 10.5 Å². The van der Waals surface area contributed by atoms with Crippen molar-refractivity contribution in [2.75, 3.05) is 25.6 Å². The van der Waals surface area contributed by atoms with E-state index in [1.165, 1.54) is 0 Å². The molecule has 1 aromatic carbocycles. The fourth-order valence-corrected chi connectivity index (χ4v) is 1.32. The Morgan fingerprint density at radius 1 is 1.35 bits per heavy atom. The molecule has 0 unspecified atom stereocenters. The van der Waals surface area contributed by atoms with Gasteiger partial charge in [-0.15, -0.1) is 0 Å². The van der Waals surface area contributed by atoms with E-state index < -0.39 is 0 Å². The summed E-state index contributed by atoms with van der Waals surface area (Å²) in [5.74, 6) is 0. The van der Waals surface area contributed by atoms with E-state index in [0.29, 0.717) is 19.7 Å². The first kappa shape index (κ1) is 13.5. The highest BCUT2D eigenvalue weighted by molar-refractivity contribution is 5.89. The topological polar surface area (TPSA) is 76.4 Å². The number of benzene rings is 1. The maximum atomic E-state index is 11.4. The number of ether oxygens (including phenoxy) is 1. The molecular weight excluding hydrogens is 218 g/mol. The number of methoxy groups -OCH3 is 1. The summed E-state index contributed by atoms with van der Waals surface area (Å²) in [5.41, 5.74) is 7.28. The number of nitrogens with one attached hydrogen (secondary N) is 2. The van der Waals surface area contributed by atoms with Crippen LogP contribution in [-0.2, 0) is 11.3 Å². The van der Waals surface area contributed by atoms with Crippen molar-refractivity contribution in [3.63, 3.8) is 0 Å². The van der Waals surface area contributed by atoms with Crippen molar-refractivity contribution < 1.29 is 9.53 Å². The summed E-state index contributed by atoms with van der Waals surface area (Å²) in [6.45, 7) is 1.75. The third-order valence-electron chi connectivity index (χ3n) is 2.26. The zero-order valence-corrected chi connectivity index (χ0v) is 10.0. The lowest BCUT2D eigenvalue weighted by Crippen LogP contribution is -2.30. The first-order chi connectivity index (χ1) is 8.26. The molecule has 0 aliphatic rings. The number of hydrogen-bond acceptors (Lipinski definition) is 3. The second-order valence-electron chi connectivity index (χ2n) is 3.63. The van der Waals surface area contributed by atoms with Crippen LogP contribution in [0.4, 0.5) is 10.5 Å². The molecule has 4 N–H and O–H groups in total. The van der Waals surface area contributed by atoms with Crippen molar-refractivity contribution in [2.24, 2.45) is 5.73 Å². The molecule has 0 radical (unpaired) electrons. The standard InChI is InChI=1S/C12H19N3O2/c1-17-8-2-7-14-12(16)15-11-5-3-10(9-13)4-6-11/h3-6H,2,7-9,13H2,1H3,(H2,14,15,16). The van der Waals surface area contributed by atoms with Crippen LogP contribution in [0, 0.1) is 0 Å². The minimum atomic E-state index is -0.207. The lowest BCUT2D eigenvalue weighted by atomic mass is 10.2. The maximum absolute atomic E-state index is 11.4. The van der Waals surface area contributed by atoms with Gasteiger partial charge in [0.25, 0.3) is 0 Å². The fraction of sp³-hybridized carbons (Fsp3) is 0.417. The van der Waals surface area contributed by atoms with Gasteiger partial charge >= 0.3 is 6.03 Å². The molecule has 1 rings (SSSR count). The highest BCUT2D eigenvalue weighted by Gasteiger charge is 2.00. The molecule has 5 nitrogen and oxygen atoms in total. The summed E-state index contributed by atoms with van der Waals surface area (Å²) in [5, 5.41) is 5.48. The van der Waals surface area contributed by atoms with Crippen molar-refractivity contribution in [1.82, 2.24) is 5.32 Å². The highest BCUT2D eigenvalue weighted by atomic mass is 16.5. The highest BCUT2D eigenvalue weighted by Crippen LogP contribution is 2.08. The summed E-state index contributed by atoms with van der Waals surface area (Å²) in [4.78, 5) is 11.4. The van der Waals surface area contributed by atoms with Crippen molar-refractivity contribution in [3.8, 4) is 0 Å². The largest absolute Gasteiger partial charge is 0.385 e. The van der Waals surface area contributed by atoms with Crippen LogP contribution in [0.5, 0.6) is 0 Å². The molecule has 0 atom stereocenters. The molecule has 5 heteroatoms. The van der Waals surface area contributed by atoms with E-state index >= 15 is 0 Å². The number of carbonyl (C=O) groups is 1. The molecule has 0 aliphatic carbocycles. The molecule has 0 aliphatic heterocycles. The summed E-state index contributed by atoms with van der Waals surface area (Å²) in [6.07, 6.45) is 0.802. The summed E-state index contributed by atoms with van der Waals surface area (Å²) in [6, 6.07) is 7.23. The number of urea groups is 1. The Hall–Kier alpha value is -1.59. The lowest BCUT2D eigenvalue weighted by molar-refractivity contribution is 0.194. The molecule has 17 heavy (non-hydrogen) atoms. The van der Waals surface area contributed by atoms with Crippen LogP contribution in [0.2, 0.25) is 0 Å². The van der Waals surface area contributed by atoms with E-state index in [9.17, 15) is 4.79 Å². The molecule has 0 saturated carbocycles. The normalized spacial score (nSPS) is 10.0. The number of anilines is 1. The second kappa shape index (κ2) is 7.65. The Balaban J connectivity index is 2.29. The number of hydrogen-bond donors (Lipinski definition) is 3. The molecule has 94 valence electrons. The first-order valence-corrected chi connectivity index (χ1v) is 5.59. The number of carbonyl (C=O) groups excluding carboxylic acids is 1. The van der Waals surface area contributed by atoms with Gasteiger partial charge in [-0.05, 0) is 24.1 Å². The van der Waals surface area contributed by atoms with Crippen LogP contribution in [0.25, 0.3) is 0 Å². The predicted octanol–water partition coefficient (Wildman–Crippen LogP) is 1.30. The van der Waals surface area contributed by atoms with Crippen molar-refractivity contribution in [1.29, 1.82) is 0 Å². The third kappa shape index (κ3) is 5.33. The van der Waals surface area contributed by atoms with Crippen LogP contribution in [0.3, 0.4) is 0 Å². The summed E-state index contributed by atoms with van der Waals surface area (Å²) >= 11 is 0. The molecule has 0 fully saturated rings. The molecule has 1 aromatic rings. The molecule has 0 aromatic heterocycles. The lowest BCUT2D eigenvalue weighted by Gasteiger charge is -2.07. The molecule has 0 heterocycles. The number of nitrogens with two attached hydrogens (primary N) is 1. The van der Waals surface area contributed by atoms with Gasteiger partial charge in [0.2, 0.25) is 0 Å². The van der Waals surface area contributed by atoms with Crippen LogP contribution in [0.1, 0.15) is 12.0 Å². The Morgan fingerprint density at radius 2 is 2.06 bits per heavy atom.